The summed E-state index contributed by atoms with van der Waals surface area (Å²) in [5.74, 6) is -0.999. The number of carbonyl (C=O) groups excluding carboxylic acids is 3. The van der Waals surface area contributed by atoms with Crippen LogP contribution in [0.5, 0.6) is 0 Å². The van der Waals surface area contributed by atoms with Crippen molar-refractivity contribution in [1.82, 2.24) is 0 Å². The van der Waals surface area contributed by atoms with E-state index in [4.69, 9.17) is 4.74 Å². The van der Waals surface area contributed by atoms with Gasteiger partial charge in [-0.2, -0.15) is 0 Å². The third-order valence-corrected chi connectivity index (χ3v) is 2.00. The first-order valence-corrected chi connectivity index (χ1v) is 5.93. The van der Waals surface area contributed by atoms with Crippen LogP contribution in [0.15, 0.2) is 0 Å². The predicted molar refractivity (Wildman–Crippen MR) is 61.1 cm³/mol. The van der Waals surface area contributed by atoms with Gasteiger partial charge < -0.3 is 9.47 Å². The van der Waals surface area contributed by atoms with Crippen LogP contribution in [0.25, 0.3) is 0 Å². The zero-order valence-electron chi connectivity index (χ0n) is 10.5. The van der Waals surface area contributed by atoms with Crippen molar-refractivity contribution in [2.75, 3.05) is 6.61 Å². The lowest BCUT2D eigenvalue weighted by atomic mass is 10.2. The fourth-order valence-corrected chi connectivity index (χ4v) is 1.22. The van der Waals surface area contributed by atoms with Crippen LogP contribution in [0, 0.1) is 0 Å². The first-order chi connectivity index (χ1) is 8.06. The van der Waals surface area contributed by atoms with Gasteiger partial charge in [-0.05, 0) is 25.7 Å². The van der Waals surface area contributed by atoms with E-state index in [9.17, 15) is 14.4 Å². The van der Waals surface area contributed by atoms with Crippen molar-refractivity contribution in [3.63, 3.8) is 0 Å². The Balaban J connectivity index is 0.000000302. The molecule has 1 saturated heterocycles. The van der Waals surface area contributed by atoms with Crippen LogP contribution in [0.3, 0.4) is 0 Å². The van der Waals surface area contributed by atoms with Gasteiger partial charge in [0.05, 0.1) is 6.61 Å². The molecule has 0 saturated carbocycles. The molecule has 5 nitrogen and oxygen atoms in total. The van der Waals surface area contributed by atoms with Crippen LogP contribution in [0.4, 0.5) is 0 Å². The molecule has 1 fully saturated rings. The fourth-order valence-electron chi connectivity index (χ4n) is 1.22. The molecule has 0 atom stereocenters. The average molecular weight is 244 g/mol. The molecule has 0 aromatic heterocycles. The van der Waals surface area contributed by atoms with Gasteiger partial charge in [0.25, 0.3) is 0 Å². The Kier molecular flexibility index (Phi) is 9.01. The van der Waals surface area contributed by atoms with Crippen LogP contribution < -0.4 is 0 Å². The topological polar surface area (TPSA) is 69.7 Å². The minimum absolute atomic E-state index is 0.0255. The summed E-state index contributed by atoms with van der Waals surface area (Å²) < 4.78 is 8.98. The Hall–Kier alpha value is -1.39. The van der Waals surface area contributed by atoms with Crippen molar-refractivity contribution in [3.8, 4) is 0 Å². The second kappa shape index (κ2) is 9.81. The number of carbonyl (C=O) groups is 3. The summed E-state index contributed by atoms with van der Waals surface area (Å²) in [6.45, 7) is 3.70. The summed E-state index contributed by atoms with van der Waals surface area (Å²) in [7, 11) is 0. The molecule has 0 aromatic rings. The molecule has 1 aliphatic rings. The number of rotatable bonds is 2. The largest absolute Gasteiger partial charge is 0.466 e. The molecule has 0 unspecified atom stereocenters. The van der Waals surface area contributed by atoms with E-state index in [1.807, 2.05) is 6.92 Å². The van der Waals surface area contributed by atoms with Crippen LogP contribution in [0.2, 0.25) is 0 Å². The molecule has 1 rings (SSSR count). The van der Waals surface area contributed by atoms with Gasteiger partial charge in [0.15, 0.2) is 0 Å². The molecule has 0 bridgehead atoms. The minimum Gasteiger partial charge on any atom is -0.466 e. The monoisotopic (exact) mass is 244 g/mol. The van der Waals surface area contributed by atoms with E-state index in [0.29, 0.717) is 25.9 Å². The SMILES string of the molecule is CCCC(=O)OC(C)=O.O=C1CCCCCO1. The number of cyclic esters (lactones) is 1. The number of esters is 3. The fraction of sp³-hybridized carbons (Fsp3) is 0.750. The lowest BCUT2D eigenvalue weighted by molar-refractivity contribution is -0.158. The molecule has 0 radical (unpaired) electrons. The van der Waals surface area contributed by atoms with Gasteiger partial charge in [-0.1, -0.05) is 6.92 Å². The van der Waals surface area contributed by atoms with E-state index < -0.39 is 11.9 Å². The lowest BCUT2D eigenvalue weighted by Crippen LogP contribution is -2.07. The third kappa shape index (κ3) is 10.9. The molecule has 0 spiro atoms. The minimum atomic E-state index is -0.534. The molecular weight excluding hydrogens is 224 g/mol. The van der Waals surface area contributed by atoms with Crippen molar-refractivity contribution in [1.29, 1.82) is 0 Å². The normalized spacial score (nSPS) is 14.8. The van der Waals surface area contributed by atoms with Crippen molar-refractivity contribution < 1.29 is 23.9 Å². The van der Waals surface area contributed by atoms with Gasteiger partial charge >= 0.3 is 17.9 Å². The van der Waals surface area contributed by atoms with E-state index in [-0.39, 0.29) is 5.97 Å². The molecule has 17 heavy (non-hydrogen) atoms. The van der Waals surface area contributed by atoms with Gasteiger partial charge in [-0.15, -0.1) is 0 Å². The second-order valence-electron chi connectivity index (χ2n) is 3.75. The van der Waals surface area contributed by atoms with Crippen molar-refractivity contribution >= 4 is 17.9 Å². The molecule has 98 valence electrons. The lowest BCUT2D eigenvalue weighted by Gasteiger charge is -1.94. The Bertz CT molecular complexity index is 250. The summed E-state index contributed by atoms with van der Waals surface area (Å²) >= 11 is 0. The van der Waals surface area contributed by atoms with Gasteiger partial charge in [-0.3, -0.25) is 14.4 Å². The zero-order chi connectivity index (χ0) is 13.1. The van der Waals surface area contributed by atoms with Gasteiger partial charge in [0.1, 0.15) is 0 Å². The highest BCUT2D eigenvalue weighted by molar-refractivity contribution is 5.83. The highest BCUT2D eigenvalue weighted by Gasteiger charge is 2.05. The molecule has 0 amide bonds. The molecular formula is C12H20O5. The van der Waals surface area contributed by atoms with Gasteiger partial charge in [0, 0.05) is 19.8 Å². The van der Waals surface area contributed by atoms with Crippen molar-refractivity contribution in [2.24, 2.45) is 0 Å². The van der Waals surface area contributed by atoms with E-state index >= 15 is 0 Å². The van der Waals surface area contributed by atoms with Crippen LogP contribution in [0.1, 0.15) is 52.4 Å². The Morgan fingerprint density at radius 2 is 2.00 bits per heavy atom. The van der Waals surface area contributed by atoms with E-state index in [1.165, 1.54) is 6.92 Å². The number of hydrogen-bond acceptors (Lipinski definition) is 5. The highest BCUT2D eigenvalue weighted by atomic mass is 16.6. The first kappa shape index (κ1) is 15.6. The van der Waals surface area contributed by atoms with E-state index in [1.54, 1.807) is 0 Å². The van der Waals surface area contributed by atoms with Gasteiger partial charge in [-0.25, -0.2) is 0 Å². The maximum atomic E-state index is 10.5. The van der Waals surface area contributed by atoms with Crippen LogP contribution in [-0.4, -0.2) is 24.5 Å². The highest BCUT2D eigenvalue weighted by Crippen LogP contribution is 2.06. The second-order valence-corrected chi connectivity index (χ2v) is 3.75. The molecule has 1 heterocycles. The summed E-state index contributed by atoms with van der Waals surface area (Å²) in [6.07, 6.45) is 4.86. The van der Waals surface area contributed by atoms with Crippen molar-refractivity contribution in [3.05, 3.63) is 0 Å². The Morgan fingerprint density at radius 3 is 2.59 bits per heavy atom. The van der Waals surface area contributed by atoms with Crippen LogP contribution in [-0.2, 0) is 23.9 Å². The Labute approximate surface area is 101 Å². The number of ether oxygens (including phenoxy) is 2. The third-order valence-electron chi connectivity index (χ3n) is 2.00. The molecule has 1 aliphatic heterocycles. The smallest absolute Gasteiger partial charge is 0.313 e. The summed E-state index contributed by atoms with van der Waals surface area (Å²) in [4.78, 5) is 31.0. The van der Waals surface area contributed by atoms with Crippen molar-refractivity contribution in [2.45, 2.75) is 52.4 Å². The standard InChI is InChI=1S/C6H10O3.C6H10O2/c1-3-4-6(8)9-5(2)7;7-6-4-2-1-3-5-8-6/h3-4H2,1-2H3;1-5H2. The molecule has 0 aromatic carbocycles. The summed E-state index contributed by atoms with van der Waals surface area (Å²) in [5, 5.41) is 0. The molecule has 5 heteroatoms. The first-order valence-electron chi connectivity index (χ1n) is 5.93. The predicted octanol–water partition coefficient (Wildman–Crippen LogP) is 1.98. The maximum Gasteiger partial charge on any atom is 0.313 e. The van der Waals surface area contributed by atoms with Crippen LogP contribution >= 0.6 is 0 Å². The Morgan fingerprint density at radius 1 is 1.29 bits per heavy atom. The number of hydrogen-bond donors (Lipinski definition) is 0. The zero-order valence-corrected chi connectivity index (χ0v) is 10.5. The van der Waals surface area contributed by atoms with E-state index in [0.717, 1.165) is 19.3 Å². The summed E-state index contributed by atoms with van der Waals surface area (Å²) in [5.41, 5.74) is 0. The molecule has 0 aliphatic carbocycles. The van der Waals surface area contributed by atoms with Gasteiger partial charge in [0.2, 0.25) is 0 Å². The maximum absolute atomic E-state index is 10.5. The van der Waals surface area contributed by atoms with E-state index in [2.05, 4.69) is 4.74 Å². The molecule has 0 N–H and O–H groups in total. The quantitative estimate of drug-likeness (QED) is 0.548. The summed E-state index contributed by atoms with van der Waals surface area (Å²) in [6, 6.07) is 0. The average Bonchev–Trinajstić information content (AvgIpc) is 2.46.